The number of methoxy groups -OCH3 is 1. The van der Waals surface area contributed by atoms with Gasteiger partial charge < -0.3 is 15.0 Å². The molecule has 1 saturated heterocycles. The normalized spacial score (nSPS) is 15.0. The van der Waals surface area contributed by atoms with Crippen molar-refractivity contribution in [3.8, 4) is 5.75 Å². The number of nitrogens with zero attached hydrogens (tertiary/aromatic N) is 3. The maximum atomic E-state index is 12.3. The molecule has 2 aromatic rings. The molecule has 3 rings (SSSR count). The molecule has 7 heteroatoms. The summed E-state index contributed by atoms with van der Waals surface area (Å²) in [5.74, 6) is 0.616. The zero-order valence-corrected chi connectivity index (χ0v) is 14.4. The second-order valence-corrected chi connectivity index (χ2v) is 6.09. The molecule has 0 radical (unpaired) electrons. The van der Waals surface area contributed by atoms with Gasteiger partial charge in [-0.05, 0) is 31.0 Å². The third-order valence-electron chi connectivity index (χ3n) is 4.45. The summed E-state index contributed by atoms with van der Waals surface area (Å²) >= 11 is 0. The summed E-state index contributed by atoms with van der Waals surface area (Å²) in [7, 11) is 3.21. The number of aromatic nitrogens is 2. The van der Waals surface area contributed by atoms with Gasteiger partial charge in [-0.1, -0.05) is 12.1 Å². The van der Waals surface area contributed by atoms with Crippen LogP contribution in [-0.4, -0.2) is 41.9 Å². The molecule has 0 aliphatic carbocycles. The van der Waals surface area contributed by atoms with Crippen LogP contribution in [0.1, 0.15) is 23.3 Å². The monoisotopic (exact) mass is 342 g/mol. The Kier molecular flexibility index (Phi) is 5.02. The van der Waals surface area contributed by atoms with Crippen molar-refractivity contribution in [3.63, 3.8) is 0 Å². The molecule has 1 fully saturated rings. The molecule has 0 unspecified atom stereocenters. The maximum absolute atomic E-state index is 12.3. The third-order valence-corrected chi connectivity index (χ3v) is 4.45. The van der Waals surface area contributed by atoms with Crippen LogP contribution in [0.4, 0.5) is 5.69 Å². The van der Waals surface area contributed by atoms with Crippen LogP contribution in [0, 0.1) is 0 Å². The first-order valence-corrected chi connectivity index (χ1v) is 8.31. The fraction of sp³-hybridized carbons (Fsp3) is 0.389. The van der Waals surface area contributed by atoms with Gasteiger partial charge in [0.2, 0.25) is 0 Å². The Labute approximate surface area is 146 Å². The molecule has 0 saturated carbocycles. The number of aryl methyl sites for hydroxylation is 1. The Balaban J connectivity index is 1.60. The van der Waals surface area contributed by atoms with Gasteiger partial charge in [0.15, 0.2) is 0 Å². The topological polar surface area (TPSA) is 76.5 Å². The van der Waals surface area contributed by atoms with Crippen LogP contribution in [-0.2, 0) is 7.05 Å². The summed E-state index contributed by atoms with van der Waals surface area (Å²) in [6.07, 6.45) is 1.69. The number of amides is 1. The molecule has 0 bridgehead atoms. The summed E-state index contributed by atoms with van der Waals surface area (Å²) in [4.78, 5) is 25.9. The third kappa shape index (κ3) is 3.81. The van der Waals surface area contributed by atoms with Crippen LogP contribution in [0.15, 0.2) is 41.2 Å². The van der Waals surface area contributed by atoms with Crippen LogP contribution < -0.4 is 20.5 Å². The maximum Gasteiger partial charge on any atom is 0.271 e. The molecular formula is C18H22N4O3. The van der Waals surface area contributed by atoms with E-state index >= 15 is 0 Å². The average Bonchev–Trinajstić information content (AvgIpc) is 2.64. The van der Waals surface area contributed by atoms with E-state index in [1.165, 1.54) is 23.9 Å². The minimum absolute atomic E-state index is 0.0949. The number of para-hydroxylation sites is 2. The number of carbonyl (C=O) groups is 1. The van der Waals surface area contributed by atoms with E-state index < -0.39 is 0 Å². The Morgan fingerprint density at radius 3 is 2.60 bits per heavy atom. The lowest BCUT2D eigenvalue weighted by Gasteiger charge is -2.34. The van der Waals surface area contributed by atoms with Crippen molar-refractivity contribution in [2.75, 3.05) is 25.1 Å². The van der Waals surface area contributed by atoms with Crippen molar-refractivity contribution >= 4 is 11.6 Å². The number of piperidine rings is 1. The highest BCUT2D eigenvalue weighted by Crippen LogP contribution is 2.29. The van der Waals surface area contributed by atoms with Crippen molar-refractivity contribution < 1.29 is 9.53 Å². The number of rotatable bonds is 4. The van der Waals surface area contributed by atoms with Crippen LogP contribution in [0.2, 0.25) is 0 Å². The van der Waals surface area contributed by atoms with Gasteiger partial charge in [-0.2, -0.15) is 5.10 Å². The van der Waals surface area contributed by atoms with Crippen molar-refractivity contribution in [2.45, 2.75) is 18.9 Å². The Morgan fingerprint density at radius 2 is 1.92 bits per heavy atom. The van der Waals surface area contributed by atoms with Gasteiger partial charge in [-0.25, -0.2) is 4.68 Å². The number of benzene rings is 1. The highest BCUT2D eigenvalue weighted by Gasteiger charge is 2.23. The lowest BCUT2D eigenvalue weighted by molar-refractivity contribution is 0.0923. The minimum Gasteiger partial charge on any atom is -0.495 e. The molecule has 1 N–H and O–H groups in total. The SMILES string of the molecule is COc1ccccc1N1CCC(NC(=O)c2ccc(=O)n(C)n2)CC1. The van der Waals surface area contributed by atoms with Crippen molar-refractivity contribution in [1.82, 2.24) is 15.1 Å². The first kappa shape index (κ1) is 17.0. The molecule has 0 atom stereocenters. The number of ether oxygens (including phenoxy) is 1. The summed E-state index contributed by atoms with van der Waals surface area (Å²) in [6.45, 7) is 1.68. The predicted octanol–water partition coefficient (Wildman–Crippen LogP) is 1.19. The van der Waals surface area contributed by atoms with E-state index in [1.54, 1.807) is 7.11 Å². The van der Waals surface area contributed by atoms with Crippen LogP contribution >= 0.6 is 0 Å². The Bertz CT molecular complexity index is 810. The molecule has 132 valence electrons. The fourth-order valence-electron chi connectivity index (χ4n) is 3.04. The van der Waals surface area contributed by atoms with Crippen molar-refractivity contribution in [1.29, 1.82) is 0 Å². The summed E-state index contributed by atoms with van der Waals surface area (Å²) in [6, 6.07) is 10.9. The second kappa shape index (κ2) is 7.38. The highest BCUT2D eigenvalue weighted by atomic mass is 16.5. The van der Waals surface area contributed by atoms with E-state index in [0.29, 0.717) is 0 Å². The molecule has 1 amide bonds. The zero-order chi connectivity index (χ0) is 17.8. The second-order valence-electron chi connectivity index (χ2n) is 6.09. The first-order chi connectivity index (χ1) is 12.1. The lowest BCUT2D eigenvalue weighted by Crippen LogP contribution is -2.45. The number of carbonyl (C=O) groups excluding carboxylic acids is 1. The van der Waals surface area contributed by atoms with Gasteiger partial charge in [0, 0.05) is 32.2 Å². The van der Waals surface area contributed by atoms with E-state index in [-0.39, 0.29) is 23.2 Å². The number of hydrogen-bond donors (Lipinski definition) is 1. The van der Waals surface area contributed by atoms with E-state index in [9.17, 15) is 9.59 Å². The molecule has 25 heavy (non-hydrogen) atoms. The van der Waals surface area contributed by atoms with Crippen LogP contribution in [0.25, 0.3) is 0 Å². The van der Waals surface area contributed by atoms with Gasteiger partial charge in [-0.3, -0.25) is 9.59 Å². The predicted molar refractivity (Wildman–Crippen MR) is 95.2 cm³/mol. The number of hydrogen-bond acceptors (Lipinski definition) is 5. The molecule has 1 aromatic carbocycles. The molecule has 0 spiro atoms. The number of nitrogens with one attached hydrogen (secondary N) is 1. The smallest absolute Gasteiger partial charge is 0.271 e. The Morgan fingerprint density at radius 1 is 1.20 bits per heavy atom. The van der Waals surface area contributed by atoms with Gasteiger partial charge >= 0.3 is 0 Å². The van der Waals surface area contributed by atoms with Gasteiger partial charge in [0.05, 0.1) is 12.8 Å². The molecule has 7 nitrogen and oxygen atoms in total. The average molecular weight is 342 g/mol. The molecule has 2 heterocycles. The van der Waals surface area contributed by atoms with Gasteiger partial charge in [0.25, 0.3) is 11.5 Å². The minimum atomic E-state index is -0.244. The molecular weight excluding hydrogens is 320 g/mol. The van der Waals surface area contributed by atoms with Crippen LogP contribution in [0.5, 0.6) is 5.75 Å². The highest BCUT2D eigenvalue weighted by molar-refractivity contribution is 5.92. The van der Waals surface area contributed by atoms with Crippen molar-refractivity contribution in [2.24, 2.45) is 7.05 Å². The van der Waals surface area contributed by atoms with Gasteiger partial charge in [0.1, 0.15) is 11.4 Å². The molecule has 1 aromatic heterocycles. The standard InChI is InChI=1S/C18H22N4O3/c1-21-17(23)8-7-14(20-21)18(24)19-13-9-11-22(12-10-13)15-5-3-4-6-16(15)25-2/h3-8,13H,9-12H2,1-2H3,(H,19,24). The van der Waals surface area contributed by atoms with Crippen LogP contribution in [0.3, 0.4) is 0 Å². The first-order valence-electron chi connectivity index (χ1n) is 8.31. The van der Waals surface area contributed by atoms with Gasteiger partial charge in [-0.15, -0.1) is 0 Å². The van der Waals surface area contributed by atoms with E-state index in [1.807, 2.05) is 24.3 Å². The van der Waals surface area contributed by atoms with E-state index in [2.05, 4.69) is 15.3 Å². The summed E-state index contributed by atoms with van der Waals surface area (Å²) in [5.41, 5.74) is 1.10. The summed E-state index contributed by atoms with van der Waals surface area (Å²) < 4.78 is 6.59. The lowest BCUT2D eigenvalue weighted by atomic mass is 10.0. The van der Waals surface area contributed by atoms with E-state index in [4.69, 9.17) is 4.74 Å². The van der Waals surface area contributed by atoms with Crippen molar-refractivity contribution in [3.05, 3.63) is 52.4 Å². The van der Waals surface area contributed by atoms with E-state index in [0.717, 1.165) is 37.4 Å². The molecule has 1 aliphatic rings. The largest absolute Gasteiger partial charge is 0.495 e. The zero-order valence-electron chi connectivity index (χ0n) is 14.4. The summed E-state index contributed by atoms with van der Waals surface area (Å²) in [5, 5.41) is 7.00. The Hall–Kier alpha value is -2.83. The number of anilines is 1. The quantitative estimate of drug-likeness (QED) is 0.903. The molecule has 1 aliphatic heterocycles. The fourth-order valence-corrected chi connectivity index (χ4v) is 3.04.